The minimum atomic E-state index is -4.74. The average Bonchev–Trinajstić information content (AvgIpc) is 2.99. The molecular weight excluding hydrogens is 403 g/mol. The molecule has 0 saturated carbocycles. The molecule has 0 aliphatic carbocycles. The first-order valence-electron chi connectivity index (χ1n) is 7.59. The highest BCUT2D eigenvalue weighted by Gasteiger charge is 2.36. The summed E-state index contributed by atoms with van der Waals surface area (Å²) in [5.41, 5.74) is -0.354. The van der Waals surface area contributed by atoms with Crippen molar-refractivity contribution in [3.05, 3.63) is 70.9 Å². The molecule has 3 rings (SSSR count). The number of benzene rings is 2. The van der Waals surface area contributed by atoms with Crippen LogP contribution in [0.4, 0.5) is 13.2 Å². The third kappa shape index (κ3) is 4.09. The number of alkyl halides is 3. The summed E-state index contributed by atoms with van der Waals surface area (Å²) in [5, 5.41) is 3.81. The summed E-state index contributed by atoms with van der Waals surface area (Å²) in [4.78, 5) is 2.59. The minimum Gasteiger partial charge on any atom is -0.200 e. The maximum atomic E-state index is 13.1. The molecule has 0 saturated heterocycles. The molecule has 0 aliphatic rings. The molecule has 0 amide bonds. The molecule has 0 unspecified atom stereocenters. The lowest BCUT2D eigenvalue weighted by molar-refractivity contribution is -0.141. The van der Waals surface area contributed by atoms with Crippen molar-refractivity contribution >= 4 is 21.6 Å². The lowest BCUT2D eigenvalue weighted by Crippen LogP contribution is -2.25. The van der Waals surface area contributed by atoms with Gasteiger partial charge in [-0.1, -0.05) is 35.9 Å². The van der Waals surface area contributed by atoms with Crippen LogP contribution in [0.2, 0.25) is 5.02 Å². The molecule has 3 aromatic rings. The molecule has 27 heavy (non-hydrogen) atoms. The van der Waals surface area contributed by atoms with Crippen molar-refractivity contribution in [3.8, 4) is 11.3 Å². The van der Waals surface area contributed by atoms with E-state index in [1.165, 1.54) is 36.4 Å². The number of rotatable bonds is 4. The van der Waals surface area contributed by atoms with Gasteiger partial charge in [-0.15, -0.1) is 5.10 Å². The van der Waals surface area contributed by atoms with Crippen LogP contribution in [0.1, 0.15) is 11.3 Å². The zero-order valence-electron chi connectivity index (χ0n) is 13.8. The third-order valence-corrected chi connectivity index (χ3v) is 5.27. The van der Waals surface area contributed by atoms with E-state index in [-0.39, 0.29) is 10.6 Å². The van der Waals surface area contributed by atoms with Gasteiger partial charge in [-0.2, -0.15) is 31.2 Å². The Morgan fingerprint density at radius 2 is 1.74 bits per heavy atom. The van der Waals surface area contributed by atoms with Crippen LogP contribution in [0.5, 0.6) is 0 Å². The van der Waals surface area contributed by atoms with E-state index in [2.05, 4.69) is 9.93 Å². The predicted octanol–water partition coefficient (Wildman–Crippen LogP) is 4.46. The fourth-order valence-corrected chi connectivity index (χ4v) is 3.68. The maximum absolute atomic E-state index is 13.1. The number of halogens is 4. The summed E-state index contributed by atoms with van der Waals surface area (Å²) in [6, 6.07) is 12.6. The number of aromatic nitrogens is 2. The smallest absolute Gasteiger partial charge is 0.200 e. The van der Waals surface area contributed by atoms with Crippen molar-refractivity contribution in [2.75, 3.05) is 4.83 Å². The molecule has 0 fully saturated rings. The molecule has 142 valence electrons. The maximum Gasteiger partial charge on any atom is 0.435 e. The molecule has 1 aromatic heterocycles. The summed E-state index contributed by atoms with van der Waals surface area (Å²) in [6.07, 6.45) is -4.74. The monoisotopic (exact) mass is 415 g/mol. The fourth-order valence-electron chi connectivity index (χ4n) is 2.46. The van der Waals surface area contributed by atoms with Gasteiger partial charge in [0.15, 0.2) is 5.69 Å². The van der Waals surface area contributed by atoms with Crippen molar-refractivity contribution in [2.45, 2.75) is 18.0 Å². The second-order valence-electron chi connectivity index (χ2n) is 5.69. The van der Waals surface area contributed by atoms with Crippen LogP contribution in [0, 0.1) is 6.92 Å². The number of hydrogen-bond acceptors (Lipinski definition) is 3. The van der Waals surface area contributed by atoms with Gasteiger partial charge in [-0.3, -0.25) is 0 Å². The van der Waals surface area contributed by atoms with Crippen LogP contribution in [-0.2, 0) is 16.2 Å². The normalized spacial score (nSPS) is 12.2. The quantitative estimate of drug-likeness (QED) is 0.684. The van der Waals surface area contributed by atoms with Crippen molar-refractivity contribution in [1.29, 1.82) is 0 Å². The van der Waals surface area contributed by atoms with Crippen molar-refractivity contribution in [1.82, 2.24) is 9.89 Å². The number of hydrogen-bond donors (Lipinski definition) is 1. The van der Waals surface area contributed by atoms with E-state index in [0.29, 0.717) is 20.9 Å². The second kappa shape index (κ2) is 6.90. The van der Waals surface area contributed by atoms with E-state index in [1.54, 1.807) is 19.1 Å². The van der Waals surface area contributed by atoms with E-state index < -0.39 is 21.9 Å². The predicted molar refractivity (Wildman–Crippen MR) is 95.4 cm³/mol. The Morgan fingerprint density at radius 1 is 1.07 bits per heavy atom. The Hall–Kier alpha value is -2.52. The van der Waals surface area contributed by atoms with E-state index in [9.17, 15) is 21.6 Å². The van der Waals surface area contributed by atoms with Gasteiger partial charge in [-0.25, -0.2) is 0 Å². The van der Waals surface area contributed by atoms with Crippen LogP contribution >= 0.6 is 11.6 Å². The zero-order valence-corrected chi connectivity index (χ0v) is 15.4. The van der Waals surface area contributed by atoms with Crippen molar-refractivity contribution in [2.24, 2.45) is 0 Å². The van der Waals surface area contributed by atoms with Crippen LogP contribution < -0.4 is 4.83 Å². The highest BCUT2D eigenvalue weighted by atomic mass is 35.5. The van der Waals surface area contributed by atoms with Crippen molar-refractivity contribution < 1.29 is 21.6 Å². The first-order valence-corrected chi connectivity index (χ1v) is 9.46. The molecule has 2 aromatic carbocycles. The molecule has 0 bridgehead atoms. The molecule has 0 radical (unpaired) electrons. The van der Waals surface area contributed by atoms with Gasteiger partial charge in [0.25, 0.3) is 10.0 Å². The Bertz CT molecular complexity index is 1080. The van der Waals surface area contributed by atoms with Crippen LogP contribution in [0.25, 0.3) is 11.3 Å². The number of aryl methyl sites for hydroxylation is 1. The molecule has 1 N–H and O–H groups in total. The molecule has 0 aliphatic heterocycles. The summed E-state index contributed by atoms with van der Waals surface area (Å²) in [7, 11) is -4.14. The number of nitrogens with one attached hydrogen (secondary N) is 1. The van der Waals surface area contributed by atoms with Crippen LogP contribution in [-0.4, -0.2) is 18.3 Å². The molecule has 5 nitrogen and oxygen atoms in total. The van der Waals surface area contributed by atoms with E-state index >= 15 is 0 Å². The van der Waals surface area contributed by atoms with Gasteiger partial charge in [0, 0.05) is 10.6 Å². The van der Waals surface area contributed by atoms with Gasteiger partial charge < -0.3 is 0 Å². The van der Waals surface area contributed by atoms with E-state index in [0.717, 1.165) is 6.07 Å². The van der Waals surface area contributed by atoms with Crippen molar-refractivity contribution in [3.63, 3.8) is 0 Å². The molecule has 0 spiro atoms. The highest BCUT2D eigenvalue weighted by molar-refractivity contribution is 7.92. The zero-order chi connectivity index (χ0) is 19.8. The Labute approximate surface area is 158 Å². The Morgan fingerprint density at radius 3 is 2.33 bits per heavy atom. The summed E-state index contributed by atoms with van der Waals surface area (Å²) in [5.74, 6) is 0. The molecule has 10 heteroatoms. The van der Waals surface area contributed by atoms with Gasteiger partial charge in [-0.05, 0) is 42.8 Å². The lowest BCUT2D eigenvalue weighted by atomic mass is 10.1. The average molecular weight is 416 g/mol. The first kappa shape index (κ1) is 19.2. The minimum absolute atomic E-state index is 0.0593. The Kier molecular flexibility index (Phi) is 4.92. The van der Waals surface area contributed by atoms with Gasteiger partial charge >= 0.3 is 6.18 Å². The molecule has 1 heterocycles. The van der Waals surface area contributed by atoms with E-state index in [4.69, 9.17) is 11.6 Å². The second-order valence-corrected chi connectivity index (χ2v) is 7.79. The number of nitrogens with zero attached hydrogens (tertiary/aromatic N) is 2. The summed E-state index contributed by atoms with van der Waals surface area (Å²) in [6.45, 7) is 1.65. The molecule has 0 atom stereocenters. The SMILES string of the molecule is Cc1cc(Cl)ccc1-c1cc(C(F)(F)F)nn1NS(=O)(=O)c1ccccc1. The summed E-state index contributed by atoms with van der Waals surface area (Å²) >= 11 is 5.89. The van der Waals surface area contributed by atoms with Crippen LogP contribution in [0.15, 0.2) is 59.5 Å². The van der Waals surface area contributed by atoms with E-state index in [1.807, 2.05) is 0 Å². The standard InChI is InChI=1S/C17H13ClF3N3O2S/c1-11-9-12(18)7-8-14(11)15-10-16(17(19,20)21)22-24(15)23-27(25,26)13-5-3-2-4-6-13/h2-10,23H,1H3. The topological polar surface area (TPSA) is 64.0 Å². The number of sulfonamides is 1. The highest BCUT2D eigenvalue weighted by Crippen LogP contribution is 2.33. The van der Waals surface area contributed by atoms with Gasteiger partial charge in [0.2, 0.25) is 0 Å². The van der Waals surface area contributed by atoms with Gasteiger partial charge in [0.05, 0.1) is 10.6 Å². The molecular formula is C17H13ClF3N3O2S. The first-order chi connectivity index (χ1) is 12.6. The third-order valence-electron chi connectivity index (χ3n) is 3.72. The Balaban J connectivity index is 2.13. The van der Waals surface area contributed by atoms with Crippen LogP contribution in [0.3, 0.4) is 0 Å². The largest absolute Gasteiger partial charge is 0.435 e. The summed E-state index contributed by atoms with van der Waals surface area (Å²) < 4.78 is 64.4. The fraction of sp³-hybridized carbons (Fsp3) is 0.118. The van der Waals surface area contributed by atoms with Gasteiger partial charge in [0.1, 0.15) is 0 Å². The lowest BCUT2D eigenvalue weighted by Gasteiger charge is -2.12.